The van der Waals surface area contributed by atoms with Crippen molar-refractivity contribution in [1.82, 2.24) is 0 Å². The second kappa shape index (κ2) is 3.88. The van der Waals surface area contributed by atoms with Crippen LogP contribution >= 0.6 is 15.9 Å². The van der Waals surface area contributed by atoms with Crippen molar-refractivity contribution in [3.05, 3.63) is 27.7 Å². The minimum Gasteiger partial charge on any atom is -0.493 e. The Morgan fingerprint density at radius 2 is 2.36 bits per heavy atom. The van der Waals surface area contributed by atoms with Crippen LogP contribution in [0.5, 0.6) is 5.75 Å². The smallest absolute Gasteiger partial charge is 0.129 e. The molecule has 1 heterocycles. The molecule has 0 bridgehead atoms. The number of nitrogens with two attached hydrogens (primary N) is 1. The summed E-state index contributed by atoms with van der Waals surface area (Å²) in [5, 5.41) is 9.16. The van der Waals surface area contributed by atoms with Gasteiger partial charge in [-0.15, -0.1) is 0 Å². The number of benzene rings is 1. The van der Waals surface area contributed by atoms with Gasteiger partial charge in [0, 0.05) is 28.1 Å². The zero-order valence-corrected chi connectivity index (χ0v) is 9.25. The Balaban J connectivity index is 2.54. The van der Waals surface area contributed by atoms with E-state index in [1.54, 1.807) is 0 Å². The predicted molar refractivity (Wildman–Crippen MR) is 57.1 cm³/mol. The number of rotatable bonds is 1. The van der Waals surface area contributed by atoms with E-state index in [1.807, 2.05) is 12.1 Å². The first-order valence-corrected chi connectivity index (χ1v) is 5.33. The van der Waals surface area contributed by atoms with E-state index in [0.29, 0.717) is 6.61 Å². The largest absolute Gasteiger partial charge is 0.493 e. The quantitative estimate of drug-likeness (QED) is 0.806. The van der Waals surface area contributed by atoms with Crippen molar-refractivity contribution >= 4 is 15.9 Å². The molecule has 1 aromatic rings. The van der Waals surface area contributed by atoms with Gasteiger partial charge in [0.15, 0.2) is 0 Å². The van der Waals surface area contributed by atoms with E-state index in [4.69, 9.17) is 15.6 Å². The molecule has 0 spiro atoms. The lowest BCUT2D eigenvalue weighted by Crippen LogP contribution is -2.21. The van der Waals surface area contributed by atoms with Crippen molar-refractivity contribution in [1.29, 1.82) is 0 Å². The molecule has 14 heavy (non-hydrogen) atoms. The Hall–Kier alpha value is -0.580. The maximum Gasteiger partial charge on any atom is 0.129 e. The summed E-state index contributed by atoms with van der Waals surface area (Å²) in [6, 6.07) is 3.83. The summed E-state index contributed by atoms with van der Waals surface area (Å²) in [5.74, 6) is 0.759. The third-order valence-electron chi connectivity index (χ3n) is 2.40. The van der Waals surface area contributed by atoms with Gasteiger partial charge in [-0.05, 0) is 12.1 Å². The van der Waals surface area contributed by atoms with Crippen LogP contribution in [-0.2, 0) is 6.61 Å². The lowest BCUT2D eigenvalue weighted by Gasteiger charge is -2.25. The number of hydrogen-bond acceptors (Lipinski definition) is 3. The van der Waals surface area contributed by atoms with E-state index in [0.717, 1.165) is 27.8 Å². The zero-order valence-electron chi connectivity index (χ0n) is 7.66. The number of hydrogen-bond donors (Lipinski definition) is 2. The van der Waals surface area contributed by atoms with Crippen molar-refractivity contribution in [3.8, 4) is 5.75 Å². The highest BCUT2D eigenvalue weighted by Crippen LogP contribution is 2.36. The second-order valence-electron chi connectivity index (χ2n) is 3.39. The minimum absolute atomic E-state index is 0.0153. The normalized spacial score (nSPS) is 20.1. The number of fused-ring (bicyclic) bond motifs is 1. The zero-order chi connectivity index (χ0) is 10.1. The first-order valence-electron chi connectivity index (χ1n) is 4.54. The van der Waals surface area contributed by atoms with Crippen molar-refractivity contribution in [2.24, 2.45) is 5.73 Å². The Kier molecular flexibility index (Phi) is 2.76. The van der Waals surface area contributed by atoms with Gasteiger partial charge in [-0.3, -0.25) is 0 Å². The first kappa shape index (κ1) is 9.96. The van der Waals surface area contributed by atoms with Crippen LogP contribution in [0.15, 0.2) is 16.6 Å². The highest BCUT2D eigenvalue weighted by molar-refractivity contribution is 9.10. The minimum atomic E-state index is -0.0194. The van der Waals surface area contributed by atoms with Crippen LogP contribution in [0.3, 0.4) is 0 Å². The van der Waals surface area contributed by atoms with Gasteiger partial charge in [-0.1, -0.05) is 15.9 Å². The van der Waals surface area contributed by atoms with Gasteiger partial charge in [-0.2, -0.15) is 0 Å². The molecule has 1 aromatic carbocycles. The van der Waals surface area contributed by atoms with Crippen LogP contribution in [-0.4, -0.2) is 11.7 Å². The summed E-state index contributed by atoms with van der Waals surface area (Å²) in [4.78, 5) is 0. The van der Waals surface area contributed by atoms with Gasteiger partial charge < -0.3 is 15.6 Å². The maximum absolute atomic E-state index is 9.16. The second-order valence-corrected chi connectivity index (χ2v) is 4.30. The van der Waals surface area contributed by atoms with Crippen LogP contribution < -0.4 is 10.5 Å². The van der Waals surface area contributed by atoms with E-state index < -0.39 is 0 Å². The fourth-order valence-corrected chi connectivity index (χ4v) is 2.21. The molecule has 1 aliphatic rings. The van der Waals surface area contributed by atoms with E-state index in [2.05, 4.69) is 15.9 Å². The molecule has 0 radical (unpaired) electrons. The van der Waals surface area contributed by atoms with Gasteiger partial charge in [0.2, 0.25) is 0 Å². The molecule has 76 valence electrons. The molecule has 2 rings (SSSR count). The fraction of sp³-hybridized carbons (Fsp3) is 0.400. The van der Waals surface area contributed by atoms with Crippen molar-refractivity contribution in [3.63, 3.8) is 0 Å². The van der Waals surface area contributed by atoms with Crippen LogP contribution in [0.4, 0.5) is 0 Å². The summed E-state index contributed by atoms with van der Waals surface area (Å²) in [5.41, 5.74) is 7.73. The molecule has 0 saturated heterocycles. The maximum atomic E-state index is 9.16. The molecular formula is C10H12BrNO2. The fourth-order valence-electron chi connectivity index (χ4n) is 1.69. The Morgan fingerprint density at radius 1 is 1.57 bits per heavy atom. The molecule has 4 heteroatoms. The third kappa shape index (κ3) is 1.65. The van der Waals surface area contributed by atoms with E-state index in [1.165, 1.54) is 0 Å². The molecule has 1 unspecified atom stereocenters. The highest BCUT2D eigenvalue weighted by atomic mass is 79.9. The Morgan fingerprint density at radius 3 is 3.07 bits per heavy atom. The van der Waals surface area contributed by atoms with Crippen molar-refractivity contribution < 1.29 is 9.84 Å². The van der Waals surface area contributed by atoms with E-state index in [9.17, 15) is 0 Å². The molecule has 3 nitrogen and oxygen atoms in total. The van der Waals surface area contributed by atoms with Gasteiger partial charge in [-0.25, -0.2) is 0 Å². The SMILES string of the molecule is NC1CCOc2c(CO)cc(Br)cc21. The van der Waals surface area contributed by atoms with Crippen molar-refractivity contribution in [2.45, 2.75) is 19.1 Å². The topological polar surface area (TPSA) is 55.5 Å². The highest BCUT2D eigenvalue weighted by Gasteiger charge is 2.21. The monoisotopic (exact) mass is 257 g/mol. The molecular weight excluding hydrogens is 246 g/mol. The van der Waals surface area contributed by atoms with Gasteiger partial charge in [0.1, 0.15) is 5.75 Å². The van der Waals surface area contributed by atoms with Crippen LogP contribution in [0.25, 0.3) is 0 Å². The number of ether oxygens (including phenoxy) is 1. The van der Waals surface area contributed by atoms with Crippen LogP contribution in [0.1, 0.15) is 23.6 Å². The Bertz CT molecular complexity index is 354. The van der Waals surface area contributed by atoms with Gasteiger partial charge in [0.05, 0.1) is 13.2 Å². The first-order chi connectivity index (χ1) is 6.72. The molecule has 0 aromatic heterocycles. The molecule has 1 aliphatic heterocycles. The van der Waals surface area contributed by atoms with E-state index in [-0.39, 0.29) is 12.6 Å². The average Bonchev–Trinajstić information content (AvgIpc) is 2.18. The number of halogens is 1. The molecule has 0 amide bonds. The van der Waals surface area contributed by atoms with Crippen LogP contribution in [0, 0.1) is 0 Å². The average molecular weight is 258 g/mol. The Labute approximate surface area is 91.0 Å². The summed E-state index contributed by atoms with van der Waals surface area (Å²) in [6.07, 6.45) is 0.828. The number of aliphatic hydroxyl groups excluding tert-OH is 1. The summed E-state index contributed by atoms with van der Waals surface area (Å²) in [7, 11) is 0. The third-order valence-corrected chi connectivity index (χ3v) is 2.86. The lowest BCUT2D eigenvalue weighted by atomic mass is 9.99. The van der Waals surface area contributed by atoms with Gasteiger partial charge >= 0.3 is 0 Å². The lowest BCUT2D eigenvalue weighted by molar-refractivity contribution is 0.242. The molecule has 3 N–H and O–H groups in total. The van der Waals surface area contributed by atoms with E-state index >= 15 is 0 Å². The summed E-state index contributed by atoms with van der Waals surface area (Å²) >= 11 is 3.39. The standard InChI is InChI=1S/C10H12BrNO2/c11-7-3-6(5-13)10-8(4-7)9(12)1-2-14-10/h3-4,9,13H,1-2,5,12H2. The van der Waals surface area contributed by atoms with Gasteiger partial charge in [0.25, 0.3) is 0 Å². The number of aliphatic hydroxyl groups is 1. The van der Waals surface area contributed by atoms with Crippen molar-refractivity contribution in [2.75, 3.05) is 6.61 Å². The predicted octanol–water partition coefficient (Wildman–Crippen LogP) is 1.72. The molecule has 0 fully saturated rings. The molecule has 0 aliphatic carbocycles. The summed E-state index contributed by atoms with van der Waals surface area (Å²) < 4.78 is 6.44. The van der Waals surface area contributed by atoms with Crippen LogP contribution in [0.2, 0.25) is 0 Å². The molecule has 1 atom stereocenters. The summed E-state index contributed by atoms with van der Waals surface area (Å²) in [6.45, 7) is 0.608. The molecule has 0 saturated carbocycles.